The first-order valence-corrected chi connectivity index (χ1v) is 8.60. The van der Waals surface area contributed by atoms with Crippen molar-refractivity contribution in [2.24, 2.45) is 0 Å². The van der Waals surface area contributed by atoms with E-state index in [0.29, 0.717) is 25.3 Å². The van der Waals surface area contributed by atoms with Crippen molar-refractivity contribution in [3.63, 3.8) is 0 Å². The van der Waals surface area contributed by atoms with Crippen LogP contribution in [0.3, 0.4) is 0 Å². The number of nitrogens with one attached hydrogen (secondary N) is 1. The first-order chi connectivity index (χ1) is 12.7. The predicted molar refractivity (Wildman–Crippen MR) is 100 cm³/mol. The molecule has 2 N–H and O–H groups in total. The Bertz CT molecular complexity index is 806. The van der Waals surface area contributed by atoms with Gasteiger partial charge < -0.3 is 15.2 Å². The number of ether oxygens (including phenoxy) is 1. The quantitative estimate of drug-likeness (QED) is 0.638. The fraction of sp³-hybridized carbons (Fsp3) is 0.182. The van der Waals surface area contributed by atoms with Crippen LogP contribution in [0.5, 0.6) is 5.75 Å². The van der Waals surface area contributed by atoms with Crippen molar-refractivity contribution in [2.45, 2.75) is 19.3 Å². The lowest BCUT2D eigenvalue weighted by Gasteiger charge is -2.13. The highest BCUT2D eigenvalue weighted by Crippen LogP contribution is 2.16. The van der Waals surface area contributed by atoms with Crippen LogP contribution in [0.2, 0.25) is 0 Å². The summed E-state index contributed by atoms with van der Waals surface area (Å²) < 4.78 is 18.8. The monoisotopic (exact) mass is 351 g/mol. The van der Waals surface area contributed by atoms with Gasteiger partial charge in [-0.15, -0.1) is 0 Å². The van der Waals surface area contributed by atoms with Crippen molar-refractivity contribution < 1.29 is 14.2 Å². The molecule has 0 aliphatic carbocycles. The minimum absolute atomic E-state index is 0.304. The summed E-state index contributed by atoms with van der Waals surface area (Å²) in [6, 6.07) is 23.8. The zero-order chi connectivity index (χ0) is 18.2. The van der Waals surface area contributed by atoms with Crippen molar-refractivity contribution in [1.82, 2.24) is 5.32 Å². The minimum atomic E-state index is -0.673. The number of aliphatic hydroxyl groups is 1. The van der Waals surface area contributed by atoms with Crippen LogP contribution in [-0.4, -0.2) is 11.7 Å². The Kier molecular flexibility index (Phi) is 6.36. The van der Waals surface area contributed by atoms with Crippen LogP contribution in [0.1, 0.15) is 22.8 Å². The van der Waals surface area contributed by atoms with Gasteiger partial charge in [0.15, 0.2) is 0 Å². The van der Waals surface area contributed by atoms with Gasteiger partial charge in [-0.3, -0.25) is 0 Å². The second kappa shape index (κ2) is 9.13. The third kappa shape index (κ3) is 5.41. The summed E-state index contributed by atoms with van der Waals surface area (Å²) in [5.41, 5.74) is 2.89. The van der Waals surface area contributed by atoms with Crippen LogP contribution >= 0.6 is 0 Å². The summed E-state index contributed by atoms with van der Waals surface area (Å²) in [7, 11) is 0. The lowest BCUT2D eigenvalue weighted by atomic mass is 10.1. The number of hydrogen-bond acceptors (Lipinski definition) is 3. The predicted octanol–water partition coefficient (Wildman–Crippen LogP) is 4.23. The molecule has 0 aliphatic heterocycles. The maximum Gasteiger partial charge on any atom is 0.123 e. The van der Waals surface area contributed by atoms with Crippen LogP contribution in [0.4, 0.5) is 4.39 Å². The molecule has 3 aromatic rings. The van der Waals surface area contributed by atoms with Gasteiger partial charge in [0.05, 0.1) is 6.10 Å². The van der Waals surface area contributed by atoms with Gasteiger partial charge >= 0.3 is 0 Å². The smallest absolute Gasteiger partial charge is 0.123 e. The summed E-state index contributed by atoms with van der Waals surface area (Å²) in [5, 5.41) is 13.4. The Morgan fingerprint density at radius 3 is 2.38 bits per heavy atom. The first-order valence-electron chi connectivity index (χ1n) is 8.60. The van der Waals surface area contributed by atoms with E-state index in [9.17, 15) is 9.50 Å². The maximum atomic E-state index is 12.9. The molecule has 0 bridgehead atoms. The molecular formula is C22H22FNO2. The molecule has 26 heavy (non-hydrogen) atoms. The summed E-state index contributed by atoms with van der Waals surface area (Å²) in [6.45, 7) is 1.53. The molecule has 134 valence electrons. The van der Waals surface area contributed by atoms with E-state index in [4.69, 9.17) is 4.74 Å². The molecule has 0 saturated carbocycles. The molecular weight excluding hydrogens is 329 g/mol. The summed E-state index contributed by atoms with van der Waals surface area (Å²) in [6.07, 6.45) is -0.673. The molecule has 1 atom stereocenters. The minimum Gasteiger partial charge on any atom is -0.489 e. The van der Waals surface area contributed by atoms with Crippen molar-refractivity contribution >= 4 is 0 Å². The van der Waals surface area contributed by atoms with Gasteiger partial charge in [-0.25, -0.2) is 4.39 Å². The highest BCUT2D eigenvalue weighted by Gasteiger charge is 2.07. The molecule has 0 fully saturated rings. The molecule has 3 nitrogen and oxygen atoms in total. The van der Waals surface area contributed by atoms with E-state index in [-0.39, 0.29) is 5.82 Å². The van der Waals surface area contributed by atoms with Gasteiger partial charge in [0.1, 0.15) is 18.2 Å². The fourth-order valence-corrected chi connectivity index (χ4v) is 2.64. The Morgan fingerprint density at radius 2 is 1.62 bits per heavy atom. The zero-order valence-electron chi connectivity index (χ0n) is 14.4. The van der Waals surface area contributed by atoms with Crippen LogP contribution < -0.4 is 10.1 Å². The SMILES string of the molecule is O[C@@H](CNCc1cccc(OCc2ccccc2)c1)c1ccc(F)cc1. The lowest BCUT2D eigenvalue weighted by molar-refractivity contribution is 0.174. The second-order valence-electron chi connectivity index (χ2n) is 6.12. The molecule has 0 heterocycles. The average Bonchev–Trinajstić information content (AvgIpc) is 2.68. The van der Waals surface area contributed by atoms with Crippen molar-refractivity contribution in [3.8, 4) is 5.75 Å². The lowest BCUT2D eigenvalue weighted by Crippen LogP contribution is -2.21. The molecule has 0 unspecified atom stereocenters. The number of aliphatic hydroxyl groups excluding tert-OH is 1. The fourth-order valence-electron chi connectivity index (χ4n) is 2.64. The van der Waals surface area contributed by atoms with Crippen molar-refractivity contribution in [2.75, 3.05) is 6.54 Å². The molecule has 0 saturated heterocycles. The number of rotatable bonds is 8. The highest BCUT2D eigenvalue weighted by molar-refractivity contribution is 5.29. The van der Waals surface area contributed by atoms with Crippen LogP contribution in [-0.2, 0) is 13.2 Å². The number of hydrogen-bond donors (Lipinski definition) is 2. The number of benzene rings is 3. The van der Waals surface area contributed by atoms with Gasteiger partial charge in [-0.2, -0.15) is 0 Å². The Balaban J connectivity index is 1.48. The molecule has 3 aromatic carbocycles. The van der Waals surface area contributed by atoms with E-state index < -0.39 is 6.10 Å². The van der Waals surface area contributed by atoms with Gasteiger partial charge in [0.2, 0.25) is 0 Å². The zero-order valence-corrected chi connectivity index (χ0v) is 14.4. The highest BCUT2D eigenvalue weighted by atomic mass is 19.1. The van der Waals surface area contributed by atoms with E-state index in [1.165, 1.54) is 12.1 Å². The molecule has 0 aromatic heterocycles. The van der Waals surface area contributed by atoms with E-state index in [1.54, 1.807) is 12.1 Å². The van der Waals surface area contributed by atoms with Gasteiger partial charge in [-0.1, -0.05) is 54.6 Å². The molecule has 0 aliphatic rings. The topological polar surface area (TPSA) is 41.5 Å². The molecule has 4 heteroatoms. The Hall–Kier alpha value is -2.69. The molecule has 3 rings (SSSR count). The molecule has 0 radical (unpaired) electrons. The normalized spacial score (nSPS) is 11.9. The van der Waals surface area contributed by atoms with Crippen LogP contribution in [0.15, 0.2) is 78.9 Å². The van der Waals surface area contributed by atoms with Gasteiger partial charge in [-0.05, 0) is 41.0 Å². The van der Waals surface area contributed by atoms with E-state index in [0.717, 1.165) is 16.9 Å². The maximum absolute atomic E-state index is 12.9. The summed E-state index contributed by atoms with van der Waals surface area (Å²) in [5.74, 6) is 0.508. The number of halogens is 1. The van der Waals surface area contributed by atoms with Gasteiger partial charge in [0, 0.05) is 13.1 Å². The third-order valence-corrected chi connectivity index (χ3v) is 4.07. The van der Waals surface area contributed by atoms with Crippen LogP contribution in [0.25, 0.3) is 0 Å². The Morgan fingerprint density at radius 1 is 0.885 bits per heavy atom. The third-order valence-electron chi connectivity index (χ3n) is 4.07. The summed E-state index contributed by atoms with van der Waals surface area (Å²) >= 11 is 0. The second-order valence-corrected chi connectivity index (χ2v) is 6.12. The van der Waals surface area contributed by atoms with E-state index in [1.807, 2.05) is 54.6 Å². The first kappa shape index (κ1) is 18.1. The summed E-state index contributed by atoms with van der Waals surface area (Å²) in [4.78, 5) is 0. The standard InChI is InChI=1S/C22H22FNO2/c23-20-11-9-19(10-12-20)22(25)15-24-14-18-7-4-8-21(13-18)26-16-17-5-2-1-3-6-17/h1-13,22,24-25H,14-16H2/t22-/m0/s1. The van der Waals surface area contributed by atoms with Gasteiger partial charge in [0.25, 0.3) is 0 Å². The Labute approximate surface area is 153 Å². The van der Waals surface area contributed by atoms with Crippen molar-refractivity contribution in [1.29, 1.82) is 0 Å². The largest absolute Gasteiger partial charge is 0.489 e. The van der Waals surface area contributed by atoms with E-state index >= 15 is 0 Å². The molecule has 0 amide bonds. The molecule has 0 spiro atoms. The average molecular weight is 351 g/mol. The van der Waals surface area contributed by atoms with Crippen molar-refractivity contribution in [3.05, 3.63) is 101 Å². The van der Waals surface area contributed by atoms with Crippen LogP contribution in [0, 0.1) is 5.82 Å². The van der Waals surface area contributed by atoms with E-state index in [2.05, 4.69) is 5.32 Å².